The van der Waals surface area contributed by atoms with E-state index in [1.54, 1.807) is 0 Å². The van der Waals surface area contributed by atoms with Gasteiger partial charge in [0, 0.05) is 55.1 Å². The number of fused-ring (bicyclic) bond motifs is 1. The molecule has 0 unspecified atom stereocenters. The number of anilines is 1. The van der Waals surface area contributed by atoms with Crippen molar-refractivity contribution in [2.45, 2.75) is 27.3 Å². The van der Waals surface area contributed by atoms with Crippen LogP contribution in [-0.4, -0.2) is 36.1 Å². The number of hydrogen-bond donors (Lipinski definition) is 1. The molecule has 1 N–H and O–H groups in total. The molecule has 3 aromatic rings. The quantitative estimate of drug-likeness (QED) is 0.772. The van der Waals surface area contributed by atoms with Gasteiger partial charge in [-0.1, -0.05) is 24.3 Å². The third-order valence-electron chi connectivity index (χ3n) is 5.90. The fourth-order valence-electron chi connectivity index (χ4n) is 3.98. The molecule has 1 aliphatic rings. The van der Waals surface area contributed by atoms with Gasteiger partial charge in [-0.3, -0.25) is 9.69 Å². The second-order valence-corrected chi connectivity index (χ2v) is 7.59. The van der Waals surface area contributed by atoms with Crippen molar-refractivity contribution in [1.82, 2.24) is 9.88 Å². The first-order valence-electron chi connectivity index (χ1n) is 9.68. The Morgan fingerprint density at radius 2 is 1.63 bits per heavy atom. The standard InChI is InChI=1S/C23H27N3O/c1-16-9-10-20-22(17(16)2)24-18(3)21(23(20)27)15-25-11-13-26(14-12-25)19-7-5-4-6-8-19/h4-10H,11-15H2,1-3H3,(H,24,27). The largest absolute Gasteiger partial charge is 0.369 e. The molecule has 1 aliphatic heterocycles. The van der Waals surface area contributed by atoms with E-state index in [-0.39, 0.29) is 5.43 Å². The zero-order valence-corrected chi connectivity index (χ0v) is 16.4. The number of H-pyrrole nitrogens is 1. The Hall–Kier alpha value is -2.59. The van der Waals surface area contributed by atoms with Crippen molar-refractivity contribution in [3.63, 3.8) is 0 Å². The van der Waals surface area contributed by atoms with Crippen LogP contribution in [0, 0.1) is 20.8 Å². The summed E-state index contributed by atoms with van der Waals surface area (Å²) in [5.74, 6) is 0. The first kappa shape index (κ1) is 17.8. The van der Waals surface area contributed by atoms with Gasteiger partial charge in [-0.15, -0.1) is 0 Å². The van der Waals surface area contributed by atoms with E-state index in [2.05, 4.69) is 59.0 Å². The van der Waals surface area contributed by atoms with Crippen molar-refractivity contribution in [3.8, 4) is 0 Å². The monoisotopic (exact) mass is 361 g/mol. The summed E-state index contributed by atoms with van der Waals surface area (Å²) >= 11 is 0. The molecule has 0 spiro atoms. The van der Waals surface area contributed by atoms with Crippen LogP contribution in [0.15, 0.2) is 47.3 Å². The number of para-hydroxylation sites is 1. The highest BCUT2D eigenvalue weighted by atomic mass is 16.1. The number of pyridine rings is 1. The molecule has 4 nitrogen and oxygen atoms in total. The summed E-state index contributed by atoms with van der Waals surface area (Å²) in [6.07, 6.45) is 0. The maximum atomic E-state index is 13.1. The number of aryl methyl sites for hydroxylation is 3. The van der Waals surface area contributed by atoms with E-state index in [1.807, 2.05) is 19.1 Å². The Kier molecular flexibility index (Phi) is 4.75. The van der Waals surface area contributed by atoms with Crippen LogP contribution in [0.3, 0.4) is 0 Å². The highest BCUT2D eigenvalue weighted by Gasteiger charge is 2.20. The molecular formula is C23H27N3O. The first-order chi connectivity index (χ1) is 13.0. The molecule has 4 rings (SSSR count). The van der Waals surface area contributed by atoms with Crippen molar-refractivity contribution in [1.29, 1.82) is 0 Å². The summed E-state index contributed by atoms with van der Waals surface area (Å²) in [6, 6.07) is 14.6. The van der Waals surface area contributed by atoms with Crippen molar-refractivity contribution >= 4 is 16.6 Å². The smallest absolute Gasteiger partial charge is 0.194 e. The van der Waals surface area contributed by atoms with Crippen molar-refractivity contribution < 1.29 is 0 Å². The molecule has 27 heavy (non-hydrogen) atoms. The van der Waals surface area contributed by atoms with Crippen LogP contribution in [0.4, 0.5) is 5.69 Å². The van der Waals surface area contributed by atoms with Crippen molar-refractivity contribution in [2.24, 2.45) is 0 Å². The van der Waals surface area contributed by atoms with Gasteiger partial charge in [-0.05, 0) is 50.1 Å². The van der Waals surface area contributed by atoms with Crippen LogP contribution in [-0.2, 0) is 6.54 Å². The number of nitrogens with zero attached hydrogens (tertiary/aromatic N) is 2. The molecule has 0 saturated carbocycles. The molecule has 0 aliphatic carbocycles. The highest BCUT2D eigenvalue weighted by Crippen LogP contribution is 2.20. The Morgan fingerprint density at radius 1 is 0.926 bits per heavy atom. The van der Waals surface area contributed by atoms with Gasteiger partial charge in [0.05, 0.1) is 5.52 Å². The van der Waals surface area contributed by atoms with Gasteiger partial charge in [0.2, 0.25) is 0 Å². The predicted octanol–water partition coefficient (Wildman–Crippen LogP) is 3.78. The Bertz CT molecular complexity index is 1020. The second kappa shape index (κ2) is 7.20. The average Bonchev–Trinajstić information content (AvgIpc) is 2.69. The normalized spacial score (nSPS) is 15.4. The van der Waals surface area contributed by atoms with Crippen molar-refractivity contribution in [2.75, 3.05) is 31.1 Å². The summed E-state index contributed by atoms with van der Waals surface area (Å²) in [5.41, 5.74) is 6.70. The summed E-state index contributed by atoms with van der Waals surface area (Å²) in [5, 5.41) is 0.807. The van der Waals surface area contributed by atoms with Crippen molar-refractivity contribution in [3.05, 3.63) is 75.1 Å². The topological polar surface area (TPSA) is 39.3 Å². The van der Waals surface area contributed by atoms with E-state index < -0.39 is 0 Å². The van der Waals surface area contributed by atoms with E-state index >= 15 is 0 Å². The summed E-state index contributed by atoms with van der Waals surface area (Å²) in [6.45, 7) is 10.8. The molecule has 1 aromatic heterocycles. The fourth-order valence-corrected chi connectivity index (χ4v) is 3.98. The third-order valence-corrected chi connectivity index (χ3v) is 5.90. The zero-order chi connectivity index (χ0) is 19.0. The molecule has 0 bridgehead atoms. The molecule has 4 heteroatoms. The minimum atomic E-state index is 0.176. The molecule has 1 fully saturated rings. The third kappa shape index (κ3) is 3.37. The zero-order valence-electron chi connectivity index (χ0n) is 16.4. The lowest BCUT2D eigenvalue weighted by molar-refractivity contribution is 0.248. The summed E-state index contributed by atoms with van der Waals surface area (Å²) in [4.78, 5) is 21.4. The van der Waals surface area contributed by atoms with Crippen LogP contribution in [0.25, 0.3) is 10.9 Å². The number of rotatable bonds is 3. The number of aromatic amines is 1. The summed E-state index contributed by atoms with van der Waals surface area (Å²) < 4.78 is 0. The van der Waals surface area contributed by atoms with E-state index in [9.17, 15) is 4.79 Å². The second-order valence-electron chi connectivity index (χ2n) is 7.59. The van der Waals surface area contributed by atoms with Gasteiger partial charge < -0.3 is 9.88 Å². The van der Waals surface area contributed by atoms with E-state index in [1.165, 1.54) is 11.3 Å². The first-order valence-corrected chi connectivity index (χ1v) is 9.68. The van der Waals surface area contributed by atoms with E-state index in [0.29, 0.717) is 6.54 Å². The van der Waals surface area contributed by atoms with Gasteiger partial charge >= 0.3 is 0 Å². The highest BCUT2D eigenvalue weighted by molar-refractivity contribution is 5.83. The number of benzene rings is 2. The van der Waals surface area contributed by atoms with E-state index in [4.69, 9.17) is 0 Å². The molecule has 0 radical (unpaired) electrons. The van der Waals surface area contributed by atoms with Crippen LogP contribution < -0.4 is 10.3 Å². The molecule has 140 valence electrons. The number of nitrogens with one attached hydrogen (secondary N) is 1. The molecular weight excluding hydrogens is 334 g/mol. The van der Waals surface area contributed by atoms with Crippen LogP contribution in [0.1, 0.15) is 22.4 Å². The predicted molar refractivity (Wildman–Crippen MR) is 113 cm³/mol. The van der Waals surface area contributed by atoms with Gasteiger partial charge in [0.1, 0.15) is 0 Å². The van der Waals surface area contributed by atoms with Gasteiger partial charge in [-0.25, -0.2) is 0 Å². The Balaban J connectivity index is 1.55. The van der Waals surface area contributed by atoms with Crippen LogP contribution in [0.2, 0.25) is 0 Å². The van der Waals surface area contributed by atoms with Crippen LogP contribution >= 0.6 is 0 Å². The number of aromatic nitrogens is 1. The fraction of sp³-hybridized carbons (Fsp3) is 0.348. The lowest BCUT2D eigenvalue weighted by atomic mass is 10.0. The summed E-state index contributed by atoms with van der Waals surface area (Å²) in [7, 11) is 0. The molecule has 1 saturated heterocycles. The van der Waals surface area contributed by atoms with Gasteiger partial charge in [0.25, 0.3) is 0 Å². The molecule has 2 aromatic carbocycles. The number of piperazine rings is 1. The minimum absolute atomic E-state index is 0.176. The molecule has 0 amide bonds. The molecule has 0 atom stereocenters. The SMILES string of the molecule is Cc1ccc2c(=O)c(CN3CCN(c4ccccc4)CC3)c(C)[nH]c2c1C. The lowest BCUT2D eigenvalue weighted by Gasteiger charge is -2.36. The van der Waals surface area contributed by atoms with Crippen LogP contribution in [0.5, 0.6) is 0 Å². The average molecular weight is 361 g/mol. The molecule has 2 heterocycles. The Labute approximate surface area is 160 Å². The van der Waals surface area contributed by atoms with E-state index in [0.717, 1.165) is 53.9 Å². The lowest BCUT2D eigenvalue weighted by Crippen LogP contribution is -2.46. The van der Waals surface area contributed by atoms with Gasteiger partial charge in [0.15, 0.2) is 5.43 Å². The Morgan fingerprint density at radius 3 is 2.33 bits per heavy atom. The number of hydrogen-bond acceptors (Lipinski definition) is 3. The minimum Gasteiger partial charge on any atom is -0.369 e. The van der Waals surface area contributed by atoms with Gasteiger partial charge in [-0.2, -0.15) is 0 Å². The maximum Gasteiger partial charge on any atom is 0.194 e. The maximum absolute atomic E-state index is 13.1.